The van der Waals surface area contributed by atoms with Crippen LogP contribution in [-0.2, 0) is 16.9 Å². The van der Waals surface area contributed by atoms with Gasteiger partial charge in [-0.2, -0.15) is 0 Å². The van der Waals surface area contributed by atoms with E-state index in [1.54, 1.807) is 14.0 Å². The van der Waals surface area contributed by atoms with Gasteiger partial charge in [0.2, 0.25) is 5.91 Å². The molecule has 0 radical (unpaired) electrons. The largest absolute Gasteiger partial charge is 0.369 e. The number of amides is 1. The Labute approximate surface area is 195 Å². The van der Waals surface area contributed by atoms with Crippen LogP contribution in [-0.4, -0.2) is 42.9 Å². The summed E-state index contributed by atoms with van der Waals surface area (Å²) in [5, 5.41) is 3.43. The average Bonchev–Trinajstić information content (AvgIpc) is 2.82. The molecule has 2 aromatic carbocycles. The molecule has 4 rings (SSSR count). The first-order valence-electron chi connectivity index (χ1n) is 11.6. The van der Waals surface area contributed by atoms with Crippen LogP contribution in [0.2, 0.25) is 0 Å². The van der Waals surface area contributed by atoms with Crippen molar-refractivity contribution in [1.29, 1.82) is 0 Å². The number of hydrogen-bond donors (Lipinski definition) is 2. The Morgan fingerprint density at radius 2 is 1.82 bits per heavy atom. The molecule has 0 bridgehead atoms. The fraction of sp³-hybridized carbons (Fsp3) is 0.462. The standard InChI is InChI=1S/C26H34FN5O/c1-25(2)23(33)31(4)24(28)30-26(25,3)21-16-20(10-11-22(21)27)32(19-12-14-29-15-13-19)17-18-8-6-5-7-9-18/h5-11,16,19,29H,12-15,17H2,1-4H3,(H2,28,30)/t26-/m1/s1. The predicted molar refractivity (Wildman–Crippen MR) is 130 cm³/mol. The molecule has 1 fully saturated rings. The lowest BCUT2D eigenvalue weighted by atomic mass is 9.67. The molecule has 2 aromatic rings. The average molecular weight is 452 g/mol. The topological polar surface area (TPSA) is 74.0 Å². The molecular formula is C26H34FN5O. The maximum atomic E-state index is 15.4. The van der Waals surface area contributed by atoms with E-state index < -0.39 is 11.0 Å². The minimum atomic E-state index is -1.13. The quantitative estimate of drug-likeness (QED) is 0.728. The Bertz CT molecular complexity index is 1050. The maximum Gasteiger partial charge on any atom is 0.237 e. The highest BCUT2D eigenvalue weighted by Crippen LogP contribution is 2.48. The van der Waals surface area contributed by atoms with Crippen LogP contribution in [0.5, 0.6) is 0 Å². The lowest BCUT2D eigenvalue weighted by Gasteiger charge is -2.46. The van der Waals surface area contributed by atoms with Crippen LogP contribution in [0.3, 0.4) is 0 Å². The van der Waals surface area contributed by atoms with Crippen LogP contribution < -0.4 is 16.0 Å². The Morgan fingerprint density at radius 1 is 1.15 bits per heavy atom. The number of carbonyl (C=O) groups is 1. The first kappa shape index (κ1) is 23.2. The van der Waals surface area contributed by atoms with E-state index in [0.717, 1.165) is 38.2 Å². The first-order valence-corrected chi connectivity index (χ1v) is 11.6. The van der Waals surface area contributed by atoms with Gasteiger partial charge in [0, 0.05) is 30.9 Å². The molecule has 6 nitrogen and oxygen atoms in total. The number of benzene rings is 2. The summed E-state index contributed by atoms with van der Waals surface area (Å²) in [7, 11) is 1.61. The number of guanidine groups is 1. The number of halogens is 1. The molecule has 3 N–H and O–H groups in total. The van der Waals surface area contributed by atoms with Gasteiger partial charge in [-0.3, -0.25) is 9.69 Å². The van der Waals surface area contributed by atoms with Crippen molar-refractivity contribution in [3.8, 4) is 0 Å². The summed E-state index contributed by atoms with van der Waals surface area (Å²) in [6, 6.07) is 15.9. The monoisotopic (exact) mass is 451 g/mol. The predicted octanol–water partition coefficient (Wildman–Crippen LogP) is 3.61. The van der Waals surface area contributed by atoms with Gasteiger partial charge < -0.3 is 16.0 Å². The summed E-state index contributed by atoms with van der Waals surface area (Å²) in [4.78, 5) is 21.5. The second kappa shape index (κ2) is 8.78. The molecule has 0 unspecified atom stereocenters. The van der Waals surface area contributed by atoms with Gasteiger partial charge in [-0.25, -0.2) is 9.38 Å². The number of nitrogens with one attached hydrogen (secondary N) is 1. The first-order chi connectivity index (χ1) is 15.6. The van der Waals surface area contributed by atoms with Crippen molar-refractivity contribution in [2.45, 2.75) is 51.7 Å². The van der Waals surface area contributed by atoms with Gasteiger partial charge in [-0.15, -0.1) is 0 Å². The number of aliphatic imine (C=N–C) groups is 1. The number of carbonyl (C=O) groups excluding carboxylic acids is 1. The summed E-state index contributed by atoms with van der Waals surface area (Å²) in [5.74, 6) is -0.457. The molecule has 0 aromatic heterocycles. The molecule has 1 saturated heterocycles. The van der Waals surface area contributed by atoms with E-state index >= 15 is 4.39 Å². The number of piperidine rings is 1. The van der Waals surface area contributed by atoms with E-state index in [2.05, 4.69) is 27.3 Å². The Balaban J connectivity index is 1.80. The van der Waals surface area contributed by atoms with Crippen LogP contribution in [0.1, 0.15) is 44.7 Å². The number of rotatable bonds is 5. The van der Waals surface area contributed by atoms with Crippen LogP contribution in [0.4, 0.5) is 10.1 Å². The van der Waals surface area contributed by atoms with E-state index in [4.69, 9.17) is 5.73 Å². The number of hydrogen-bond acceptors (Lipinski definition) is 5. The van der Waals surface area contributed by atoms with Crippen molar-refractivity contribution in [2.75, 3.05) is 25.0 Å². The second-order valence-electron chi connectivity index (χ2n) is 9.79. The highest BCUT2D eigenvalue weighted by atomic mass is 19.1. The number of anilines is 1. The zero-order valence-corrected chi connectivity index (χ0v) is 19.9. The van der Waals surface area contributed by atoms with Gasteiger partial charge in [0.1, 0.15) is 11.4 Å². The molecule has 2 heterocycles. The van der Waals surface area contributed by atoms with Crippen molar-refractivity contribution in [3.05, 3.63) is 65.5 Å². The van der Waals surface area contributed by atoms with E-state index in [0.29, 0.717) is 11.6 Å². The highest BCUT2D eigenvalue weighted by Gasteiger charge is 2.54. The molecule has 2 aliphatic rings. The van der Waals surface area contributed by atoms with Crippen LogP contribution in [0.25, 0.3) is 0 Å². The molecule has 0 spiro atoms. The van der Waals surface area contributed by atoms with E-state index in [1.807, 2.05) is 44.2 Å². The summed E-state index contributed by atoms with van der Waals surface area (Å²) in [6.07, 6.45) is 2.02. The second-order valence-corrected chi connectivity index (χ2v) is 9.79. The highest BCUT2D eigenvalue weighted by molar-refractivity contribution is 6.01. The normalized spacial score (nSPS) is 23.4. The molecular weight excluding hydrogens is 417 g/mol. The van der Waals surface area contributed by atoms with Gasteiger partial charge in [0.05, 0.1) is 5.41 Å². The molecule has 7 heteroatoms. The van der Waals surface area contributed by atoms with Crippen LogP contribution in [0.15, 0.2) is 53.5 Å². The van der Waals surface area contributed by atoms with Gasteiger partial charge in [0.25, 0.3) is 0 Å². The molecule has 1 amide bonds. The minimum absolute atomic E-state index is 0.103. The van der Waals surface area contributed by atoms with Gasteiger partial charge in [-0.05, 0) is 70.5 Å². The fourth-order valence-corrected chi connectivity index (χ4v) is 4.97. The van der Waals surface area contributed by atoms with Crippen molar-refractivity contribution in [2.24, 2.45) is 16.1 Å². The van der Waals surface area contributed by atoms with E-state index in [9.17, 15) is 4.79 Å². The summed E-state index contributed by atoms with van der Waals surface area (Å²) >= 11 is 0. The van der Waals surface area contributed by atoms with E-state index in [-0.39, 0.29) is 17.7 Å². The van der Waals surface area contributed by atoms with Gasteiger partial charge in [0.15, 0.2) is 5.96 Å². The summed E-state index contributed by atoms with van der Waals surface area (Å²) in [5.41, 5.74) is 6.50. The third-order valence-corrected chi connectivity index (χ3v) is 7.49. The molecule has 0 saturated carbocycles. The zero-order valence-electron chi connectivity index (χ0n) is 19.9. The van der Waals surface area contributed by atoms with Crippen molar-refractivity contribution in [3.63, 3.8) is 0 Å². The maximum absolute atomic E-state index is 15.4. The van der Waals surface area contributed by atoms with Crippen molar-refractivity contribution >= 4 is 17.6 Å². The Morgan fingerprint density at radius 3 is 2.48 bits per heavy atom. The molecule has 2 aliphatic heterocycles. The van der Waals surface area contributed by atoms with Gasteiger partial charge >= 0.3 is 0 Å². The van der Waals surface area contributed by atoms with Gasteiger partial charge in [-0.1, -0.05) is 30.3 Å². The lowest BCUT2D eigenvalue weighted by Crippen LogP contribution is -2.58. The fourth-order valence-electron chi connectivity index (χ4n) is 4.97. The van der Waals surface area contributed by atoms with E-state index in [1.165, 1.54) is 16.5 Å². The summed E-state index contributed by atoms with van der Waals surface area (Å²) < 4.78 is 15.4. The van der Waals surface area contributed by atoms with Crippen molar-refractivity contribution in [1.82, 2.24) is 10.2 Å². The smallest absolute Gasteiger partial charge is 0.237 e. The lowest BCUT2D eigenvalue weighted by molar-refractivity contribution is -0.140. The molecule has 0 aliphatic carbocycles. The minimum Gasteiger partial charge on any atom is -0.369 e. The Hall–Kier alpha value is -2.93. The Kier molecular flexibility index (Phi) is 6.18. The third-order valence-electron chi connectivity index (χ3n) is 7.49. The molecule has 1 atom stereocenters. The van der Waals surface area contributed by atoms with Crippen molar-refractivity contribution < 1.29 is 9.18 Å². The number of nitrogens with two attached hydrogens (primary N) is 1. The SMILES string of the molecule is CN1C(=O)C(C)(C)[C@@](C)(c2cc(N(Cc3ccccc3)C3CCNCC3)ccc2F)N=C1N. The van der Waals surface area contributed by atoms with Crippen LogP contribution in [0, 0.1) is 11.2 Å². The van der Waals surface area contributed by atoms with Crippen LogP contribution >= 0.6 is 0 Å². The number of nitrogens with zero attached hydrogens (tertiary/aromatic N) is 3. The summed E-state index contributed by atoms with van der Waals surface area (Å²) in [6.45, 7) is 8.06. The molecule has 33 heavy (non-hydrogen) atoms. The molecule has 176 valence electrons. The third kappa shape index (κ3) is 4.10. The zero-order chi connectivity index (χ0) is 23.8.